The van der Waals surface area contributed by atoms with Gasteiger partial charge in [0.15, 0.2) is 0 Å². The summed E-state index contributed by atoms with van der Waals surface area (Å²) in [6, 6.07) is -0.693. The third kappa shape index (κ3) is 2.95. The van der Waals surface area contributed by atoms with Gasteiger partial charge in [-0.25, -0.2) is 4.79 Å². The van der Waals surface area contributed by atoms with Gasteiger partial charge in [0, 0.05) is 19.0 Å². The second-order valence-corrected chi connectivity index (χ2v) is 4.59. The quantitative estimate of drug-likeness (QED) is 0.734. The molecule has 0 heterocycles. The molecule has 0 aromatic carbocycles. The SMILES string of the molecule is CC(C(=O)O)N(C)C(=O)C1CCCC(N)C1. The van der Waals surface area contributed by atoms with Crippen molar-refractivity contribution in [3.8, 4) is 0 Å². The van der Waals surface area contributed by atoms with Gasteiger partial charge in [-0.2, -0.15) is 0 Å². The second kappa shape index (κ2) is 5.30. The maximum Gasteiger partial charge on any atom is 0.326 e. The lowest BCUT2D eigenvalue weighted by Crippen LogP contribution is -2.45. The Morgan fingerprint density at radius 3 is 2.56 bits per heavy atom. The van der Waals surface area contributed by atoms with Gasteiger partial charge in [0.2, 0.25) is 5.91 Å². The average molecular weight is 228 g/mol. The zero-order chi connectivity index (χ0) is 12.3. The van der Waals surface area contributed by atoms with Crippen molar-refractivity contribution in [2.75, 3.05) is 7.05 Å². The summed E-state index contributed by atoms with van der Waals surface area (Å²) in [5, 5.41) is 8.83. The van der Waals surface area contributed by atoms with Crippen molar-refractivity contribution in [3.63, 3.8) is 0 Å². The van der Waals surface area contributed by atoms with Gasteiger partial charge in [0.1, 0.15) is 6.04 Å². The van der Waals surface area contributed by atoms with Crippen LogP contribution in [0.25, 0.3) is 0 Å². The van der Waals surface area contributed by atoms with E-state index in [1.165, 1.54) is 11.8 Å². The minimum Gasteiger partial charge on any atom is -0.480 e. The first-order chi connectivity index (χ1) is 7.43. The van der Waals surface area contributed by atoms with Crippen molar-refractivity contribution in [1.82, 2.24) is 4.90 Å². The van der Waals surface area contributed by atoms with E-state index in [0.717, 1.165) is 19.3 Å². The lowest BCUT2D eigenvalue weighted by Gasteiger charge is -2.31. The van der Waals surface area contributed by atoms with E-state index < -0.39 is 12.0 Å². The zero-order valence-corrected chi connectivity index (χ0v) is 9.85. The Morgan fingerprint density at radius 1 is 1.44 bits per heavy atom. The van der Waals surface area contributed by atoms with Gasteiger partial charge in [-0.1, -0.05) is 6.42 Å². The van der Waals surface area contributed by atoms with Crippen LogP contribution in [-0.2, 0) is 9.59 Å². The molecule has 3 N–H and O–H groups in total. The summed E-state index contributed by atoms with van der Waals surface area (Å²) < 4.78 is 0. The zero-order valence-electron chi connectivity index (χ0n) is 9.85. The molecule has 0 radical (unpaired) electrons. The van der Waals surface area contributed by atoms with Crippen LogP contribution in [0.15, 0.2) is 0 Å². The van der Waals surface area contributed by atoms with Crippen molar-refractivity contribution in [3.05, 3.63) is 0 Å². The number of aliphatic carboxylic acids is 1. The van der Waals surface area contributed by atoms with E-state index in [1.807, 2.05) is 0 Å². The summed E-state index contributed by atoms with van der Waals surface area (Å²) in [4.78, 5) is 24.1. The number of carbonyl (C=O) groups is 2. The molecule has 1 amide bonds. The second-order valence-electron chi connectivity index (χ2n) is 4.59. The molecule has 3 atom stereocenters. The van der Waals surface area contributed by atoms with Crippen molar-refractivity contribution < 1.29 is 14.7 Å². The summed E-state index contributed by atoms with van der Waals surface area (Å²) in [6.07, 6.45) is 3.41. The Labute approximate surface area is 95.6 Å². The Balaban J connectivity index is 2.59. The summed E-state index contributed by atoms with van der Waals surface area (Å²) in [5.41, 5.74) is 5.81. The normalized spacial score (nSPS) is 27.2. The molecule has 1 aliphatic rings. The first-order valence-electron chi connectivity index (χ1n) is 5.68. The summed E-state index contributed by atoms with van der Waals surface area (Å²) in [5.74, 6) is -1.17. The molecular weight excluding hydrogens is 208 g/mol. The van der Waals surface area contributed by atoms with Gasteiger partial charge in [0.05, 0.1) is 0 Å². The molecule has 3 unspecified atom stereocenters. The number of hydrogen-bond donors (Lipinski definition) is 2. The molecule has 1 aliphatic carbocycles. The van der Waals surface area contributed by atoms with E-state index in [2.05, 4.69) is 0 Å². The van der Waals surface area contributed by atoms with Crippen LogP contribution in [0.3, 0.4) is 0 Å². The van der Waals surface area contributed by atoms with Crippen LogP contribution in [0.2, 0.25) is 0 Å². The average Bonchev–Trinajstić information content (AvgIpc) is 2.26. The molecule has 5 nitrogen and oxygen atoms in total. The van der Waals surface area contributed by atoms with Crippen LogP contribution in [0.4, 0.5) is 0 Å². The van der Waals surface area contributed by atoms with Crippen LogP contribution >= 0.6 is 0 Å². The minimum atomic E-state index is -0.976. The molecule has 0 bridgehead atoms. The van der Waals surface area contributed by atoms with Crippen LogP contribution in [-0.4, -0.2) is 41.0 Å². The number of nitrogens with zero attached hydrogens (tertiary/aromatic N) is 1. The third-order valence-corrected chi connectivity index (χ3v) is 3.35. The fraction of sp³-hybridized carbons (Fsp3) is 0.818. The minimum absolute atomic E-state index is 0.0798. The fourth-order valence-electron chi connectivity index (χ4n) is 2.10. The molecule has 0 aromatic heterocycles. The number of carboxylic acid groups (broad SMARTS) is 1. The lowest BCUT2D eigenvalue weighted by molar-refractivity contribution is -0.150. The van der Waals surface area contributed by atoms with Gasteiger partial charge in [-0.3, -0.25) is 4.79 Å². The third-order valence-electron chi connectivity index (χ3n) is 3.35. The highest BCUT2D eigenvalue weighted by Gasteiger charge is 2.31. The predicted molar refractivity (Wildman–Crippen MR) is 59.8 cm³/mol. The molecular formula is C11H20N2O3. The summed E-state index contributed by atoms with van der Waals surface area (Å²) in [7, 11) is 1.54. The monoisotopic (exact) mass is 228 g/mol. The van der Waals surface area contributed by atoms with Gasteiger partial charge in [-0.15, -0.1) is 0 Å². The van der Waals surface area contributed by atoms with E-state index in [9.17, 15) is 9.59 Å². The van der Waals surface area contributed by atoms with Crippen LogP contribution in [0.5, 0.6) is 0 Å². The van der Waals surface area contributed by atoms with E-state index in [1.54, 1.807) is 7.05 Å². The van der Waals surface area contributed by atoms with Gasteiger partial charge in [0.25, 0.3) is 0 Å². The molecule has 5 heteroatoms. The maximum absolute atomic E-state index is 12.0. The fourth-order valence-corrected chi connectivity index (χ4v) is 2.10. The number of carbonyl (C=O) groups excluding carboxylic acids is 1. The van der Waals surface area contributed by atoms with Crippen LogP contribution in [0.1, 0.15) is 32.6 Å². The van der Waals surface area contributed by atoms with E-state index in [4.69, 9.17) is 10.8 Å². The van der Waals surface area contributed by atoms with Crippen LogP contribution < -0.4 is 5.73 Å². The van der Waals surface area contributed by atoms with Gasteiger partial charge < -0.3 is 15.7 Å². The molecule has 0 aliphatic heterocycles. The topological polar surface area (TPSA) is 83.6 Å². The standard InChI is InChI=1S/C11H20N2O3/c1-7(11(15)16)13(2)10(14)8-4-3-5-9(12)6-8/h7-9H,3-6,12H2,1-2H3,(H,15,16). The molecule has 0 aromatic rings. The van der Waals surface area contributed by atoms with E-state index in [0.29, 0.717) is 6.42 Å². The Morgan fingerprint density at radius 2 is 2.06 bits per heavy atom. The molecule has 0 saturated heterocycles. The van der Waals surface area contributed by atoms with Crippen molar-refractivity contribution >= 4 is 11.9 Å². The van der Waals surface area contributed by atoms with Crippen molar-refractivity contribution in [2.45, 2.75) is 44.7 Å². The van der Waals surface area contributed by atoms with Gasteiger partial charge >= 0.3 is 5.97 Å². The Bertz CT molecular complexity index is 280. The number of amides is 1. The van der Waals surface area contributed by atoms with E-state index >= 15 is 0 Å². The molecule has 92 valence electrons. The number of nitrogens with two attached hydrogens (primary N) is 1. The highest BCUT2D eigenvalue weighted by atomic mass is 16.4. The first kappa shape index (κ1) is 13.0. The number of likely N-dealkylation sites (N-methyl/N-ethyl adjacent to an activating group) is 1. The summed E-state index contributed by atoms with van der Waals surface area (Å²) >= 11 is 0. The predicted octanol–water partition coefficient (Wildman–Crippen LogP) is 0.435. The molecule has 1 rings (SSSR count). The summed E-state index contributed by atoms with van der Waals surface area (Å²) in [6.45, 7) is 1.52. The molecule has 0 spiro atoms. The van der Waals surface area contributed by atoms with Crippen LogP contribution in [0, 0.1) is 5.92 Å². The molecule has 16 heavy (non-hydrogen) atoms. The Kier molecular flexibility index (Phi) is 4.29. The Hall–Kier alpha value is -1.10. The lowest BCUT2D eigenvalue weighted by atomic mass is 9.85. The number of rotatable bonds is 3. The number of carboxylic acids is 1. The van der Waals surface area contributed by atoms with E-state index in [-0.39, 0.29) is 17.9 Å². The van der Waals surface area contributed by atoms with Crippen molar-refractivity contribution in [2.24, 2.45) is 11.7 Å². The molecule has 1 fully saturated rings. The first-order valence-corrected chi connectivity index (χ1v) is 5.68. The highest BCUT2D eigenvalue weighted by Crippen LogP contribution is 2.25. The smallest absolute Gasteiger partial charge is 0.326 e. The number of hydrogen-bond acceptors (Lipinski definition) is 3. The van der Waals surface area contributed by atoms with Gasteiger partial charge in [-0.05, 0) is 26.2 Å². The highest BCUT2D eigenvalue weighted by molar-refractivity contribution is 5.84. The van der Waals surface area contributed by atoms with Crippen molar-refractivity contribution in [1.29, 1.82) is 0 Å². The largest absolute Gasteiger partial charge is 0.480 e. The molecule has 1 saturated carbocycles. The maximum atomic E-state index is 12.0.